The van der Waals surface area contributed by atoms with Crippen molar-refractivity contribution >= 4 is 11.8 Å². The third kappa shape index (κ3) is 3.94. The number of nitrogen functional groups attached to an aromatic ring is 1. The van der Waals surface area contributed by atoms with Crippen molar-refractivity contribution in [2.45, 2.75) is 17.8 Å². The molecule has 10 nitrogen and oxygen atoms in total. The van der Waals surface area contributed by atoms with Crippen LogP contribution < -0.4 is 10.6 Å². The van der Waals surface area contributed by atoms with Gasteiger partial charge in [0.1, 0.15) is 22.8 Å². The first-order chi connectivity index (χ1) is 16.2. The van der Waals surface area contributed by atoms with Crippen molar-refractivity contribution in [1.29, 1.82) is 0 Å². The quantitative estimate of drug-likeness (QED) is 0.280. The van der Waals surface area contributed by atoms with Crippen LogP contribution in [-0.2, 0) is 5.75 Å². The highest BCUT2D eigenvalue weighted by Gasteiger charge is 2.22. The summed E-state index contributed by atoms with van der Waals surface area (Å²) in [6.07, 6.45) is 0. The molecule has 0 bridgehead atoms. The molecule has 0 saturated heterocycles. The van der Waals surface area contributed by atoms with Gasteiger partial charge in [-0.25, -0.2) is 4.68 Å². The summed E-state index contributed by atoms with van der Waals surface area (Å²) >= 11 is 1.33. The minimum Gasteiger partial charge on any atom is -0.496 e. The van der Waals surface area contributed by atoms with Gasteiger partial charge < -0.3 is 19.5 Å². The van der Waals surface area contributed by atoms with Crippen LogP contribution >= 0.6 is 11.8 Å². The van der Waals surface area contributed by atoms with Gasteiger partial charge in [0.05, 0.1) is 18.4 Å². The van der Waals surface area contributed by atoms with Crippen molar-refractivity contribution in [2.24, 2.45) is 0 Å². The van der Waals surface area contributed by atoms with Crippen molar-refractivity contribution in [2.75, 3.05) is 13.0 Å². The molecule has 5 aromatic rings. The standard InChI is InChI=1S/C22H19N7O3S/c1-13-18(19(28-32-13)14-8-4-3-5-9-14)21-26-24-17(31-21)12-33-22-27-25-20(29(22)23)15-10-6-7-11-16(15)30-2/h3-11H,12,23H2,1-2H3. The normalized spacial score (nSPS) is 11.1. The molecule has 3 aromatic heterocycles. The molecule has 0 aliphatic rings. The van der Waals surface area contributed by atoms with E-state index in [-0.39, 0.29) is 0 Å². The summed E-state index contributed by atoms with van der Waals surface area (Å²) in [5, 5.41) is 21.4. The van der Waals surface area contributed by atoms with E-state index in [1.807, 2.05) is 61.5 Å². The Morgan fingerprint density at radius 2 is 1.79 bits per heavy atom. The van der Waals surface area contributed by atoms with Gasteiger partial charge in [0.15, 0.2) is 5.82 Å². The van der Waals surface area contributed by atoms with E-state index in [1.54, 1.807) is 7.11 Å². The highest BCUT2D eigenvalue weighted by Crippen LogP contribution is 2.34. The van der Waals surface area contributed by atoms with E-state index in [0.717, 1.165) is 11.1 Å². The molecule has 0 radical (unpaired) electrons. The second-order valence-corrected chi connectivity index (χ2v) is 7.94. The highest BCUT2D eigenvalue weighted by molar-refractivity contribution is 7.98. The molecule has 5 rings (SSSR count). The van der Waals surface area contributed by atoms with E-state index >= 15 is 0 Å². The van der Waals surface area contributed by atoms with E-state index in [1.165, 1.54) is 16.4 Å². The van der Waals surface area contributed by atoms with Crippen molar-refractivity contribution < 1.29 is 13.7 Å². The molecule has 0 atom stereocenters. The molecular weight excluding hydrogens is 442 g/mol. The van der Waals surface area contributed by atoms with Gasteiger partial charge in [-0.2, -0.15) is 0 Å². The fraction of sp³-hybridized carbons (Fsp3) is 0.136. The van der Waals surface area contributed by atoms with Crippen molar-refractivity contribution in [3.8, 4) is 39.8 Å². The van der Waals surface area contributed by atoms with E-state index < -0.39 is 0 Å². The zero-order chi connectivity index (χ0) is 22.8. The van der Waals surface area contributed by atoms with Gasteiger partial charge in [-0.05, 0) is 19.1 Å². The van der Waals surface area contributed by atoms with Crippen LogP contribution in [0.3, 0.4) is 0 Å². The number of hydrogen-bond acceptors (Lipinski definition) is 10. The smallest absolute Gasteiger partial charge is 0.253 e. The Bertz CT molecular complexity index is 1390. The molecule has 0 aliphatic carbocycles. The molecule has 166 valence electrons. The van der Waals surface area contributed by atoms with Crippen LogP contribution in [0.15, 0.2) is 68.7 Å². The molecule has 0 fully saturated rings. The van der Waals surface area contributed by atoms with Crippen LogP contribution in [-0.4, -0.2) is 37.3 Å². The molecular formula is C22H19N7O3S. The lowest BCUT2D eigenvalue weighted by atomic mass is 10.1. The fourth-order valence-electron chi connectivity index (χ4n) is 3.34. The SMILES string of the molecule is COc1ccccc1-c1nnc(SCc2nnc(-c3c(-c4ccccc4)noc3C)o2)n1N. The molecule has 0 aliphatic heterocycles. The predicted molar refractivity (Wildman–Crippen MR) is 122 cm³/mol. The number of nitrogens with zero attached hydrogens (tertiary/aromatic N) is 6. The van der Waals surface area contributed by atoms with E-state index in [2.05, 4.69) is 25.6 Å². The summed E-state index contributed by atoms with van der Waals surface area (Å²) in [5.74, 6) is 9.10. The Morgan fingerprint density at radius 1 is 1.00 bits per heavy atom. The number of aromatic nitrogens is 6. The fourth-order valence-corrected chi connectivity index (χ4v) is 4.04. The maximum absolute atomic E-state index is 6.24. The maximum Gasteiger partial charge on any atom is 0.253 e. The van der Waals surface area contributed by atoms with Crippen LogP contribution in [0.1, 0.15) is 11.7 Å². The highest BCUT2D eigenvalue weighted by atomic mass is 32.2. The van der Waals surface area contributed by atoms with Crippen LogP contribution in [0, 0.1) is 6.92 Å². The van der Waals surface area contributed by atoms with Gasteiger partial charge in [0.25, 0.3) is 5.89 Å². The molecule has 2 aromatic carbocycles. The number of benzene rings is 2. The van der Waals surface area contributed by atoms with Crippen LogP contribution in [0.5, 0.6) is 5.75 Å². The van der Waals surface area contributed by atoms with Gasteiger partial charge in [0, 0.05) is 5.56 Å². The zero-order valence-corrected chi connectivity index (χ0v) is 18.6. The maximum atomic E-state index is 6.24. The third-order valence-electron chi connectivity index (χ3n) is 4.93. The van der Waals surface area contributed by atoms with Crippen LogP contribution in [0.25, 0.3) is 34.1 Å². The summed E-state index contributed by atoms with van der Waals surface area (Å²) in [6.45, 7) is 1.81. The first-order valence-electron chi connectivity index (χ1n) is 9.97. The number of rotatable bonds is 7. The lowest BCUT2D eigenvalue weighted by molar-refractivity contribution is 0.399. The first-order valence-corrected chi connectivity index (χ1v) is 11.0. The van der Waals surface area contributed by atoms with E-state index in [4.69, 9.17) is 19.5 Å². The van der Waals surface area contributed by atoms with Crippen molar-refractivity contribution in [3.05, 3.63) is 66.2 Å². The largest absolute Gasteiger partial charge is 0.496 e. The Kier molecular flexibility index (Phi) is 5.53. The van der Waals surface area contributed by atoms with Crippen LogP contribution in [0.4, 0.5) is 0 Å². The monoisotopic (exact) mass is 461 g/mol. The van der Waals surface area contributed by atoms with Gasteiger partial charge in [-0.3, -0.25) is 0 Å². The first kappa shape index (κ1) is 20.8. The lowest BCUT2D eigenvalue weighted by Crippen LogP contribution is -2.12. The Hall–Kier alpha value is -4.12. The molecule has 3 heterocycles. The minimum absolute atomic E-state index is 0.340. The van der Waals surface area contributed by atoms with Crippen molar-refractivity contribution in [1.82, 2.24) is 30.2 Å². The number of para-hydroxylation sites is 1. The van der Waals surface area contributed by atoms with Gasteiger partial charge >= 0.3 is 0 Å². The number of ether oxygens (including phenoxy) is 1. The second kappa shape index (κ2) is 8.79. The summed E-state index contributed by atoms with van der Waals surface area (Å²) < 4.78 is 18.1. The summed E-state index contributed by atoms with van der Waals surface area (Å²) in [6, 6.07) is 17.2. The van der Waals surface area contributed by atoms with Crippen LogP contribution in [0.2, 0.25) is 0 Å². The number of methoxy groups -OCH3 is 1. The molecule has 11 heteroatoms. The number of aryl methyl sites for hydroxylation is 1. The molecule has 0 amide bonds. The Morgan fingerprint density at radius 3 is 2.61 bits per heavy atom. The van der Waals surface area contributed by atoms with Gasteiger partial charge in [-0.1, -0.05) is 59.4 Å². The number of nitrogens with two attached hydrogens (primary N) is 1. The average Bonchev–Trinajstić information content (AvgIpc) is 3.56. The Labute approximate surface area is 192 Å². The number of hydrogen-bond donors (Lipinski definition) is 1. The third-order valence-corrected chi connectivity index (χ3v) is 5.86. The average molecular weight is 462 g/mol. The van der Waals surface area contributed by atoms with E-state index in [0.29, 0.717) is 51.3 Å². The second-order valence-electron chi connectivity index (χ2n) is 6.99. The number of thioether (sulfide) groups is 1. The predicted octanol–water partition coefficient (Wildman–Crippen LogP) is 3.97. The van der Waals surface area contributed by atoms with Gasteiger partial charge in [0.2, 0.25) is 11.0 Å². The summed E-state index contributed by atoms with van der Waals surface area (Å²) in [4.78, 5) is 0. The molecule has 0 saturated carbocycles. The lowest BCUT2D eigenvalue weighted by Gasteiger charge is -2.07. The molecule has 0 unspecified atom stereocenters. The topological polar surface area (TPSA) is 131 Å². The Balaban J connectivity index is 1.36. The summed E-state index contributed by atoms with van der Waals surface area (Å²) in [7, 11) is 1.60. The van der Waals surface area contributed by atoms with E-state index in [9.17, 15) is 0 Å². The molecule has 0 spiro atoms. The zero-order valence-electron chi connectivity index (χ0n) is 17.8. The molecule has 33 heavy (non-hydrogen) atoms. The molecule has 2 N–H and O–H groups in total. The minimum atomic E-state index is 0.340. The van der Waals surface area contributed by atoms with Gasteiger partial charge in [-0.15, -0.1) is 20.4 Å². The van der Waals surface area contributed by atoms with Crippen molar-refractivity contribution in [3.63, 3.8) is 0 Å². The summed E-state index contributed by atoms with van der Waals surface area (Å²) in [5.41, 5.74) is 2.97.